The van der Waals surface area contributed by atoms with Crippen molar-refractivity contribution < 1.29 is 9.84 Å². The molecule has 21 heavy (non-hydrogen) atoms. The summed E-state index contributed by atoms with van der Waals surface area (Å²) in [5.41, 5.74) is 0.374. The highest BCUT2D eigenvalue weighted by Gasteiger charge is 2.27. The fourth-order valence-corrected chi connectivity index (χ4v) is 2.37. The molecule has 0 aliphatic rings. The van der Waals surface area contributed by atoms with Gasteiger partial charge in [-0.2, -0.15) is 5.26 Å². The van der Waals surface area contributed by atoms with Gasteiger partial charge in [-0.15, -0.1) is 0 Å². The number of hydrogen-bond acceptors (Lipinski definition) is 4. The van der Waals surface area contributed by atoms with Crippen LogP contribution in [-0.4, -0.2) is 23.3 Å². The molecule has 1 aromatic rings. The average Bonchev–Trinajstić information content (AvgIpc) is 2.50. The smallest absolute Gasteiger partial charge is 0.119 e. The van der Waals surface area contributed by atoms with Crippen molar-refractivity contribution in [2.24, 2.45) is 0 Å². The molecule has 1 atom stereocenters. The van der Waals surface area contributed by atoms with Gasteiger partial charge in [-0.05, 0) is 50.8 Å². The summed E-state index contributed by atoms with van der Waals surface area (Å²) in [7, 11) is 0. The van der Waals surface area contributed by atoms with Crippen LogP contribution in [0.25, 0.3) is 0 Å². The van der Waals surface area contributed by atoms with Crippen molar-refractivity contribution >= 4 is 0 Å². The first-order chi connectivity index (χ1) is 10.0. The number of nitrogens with one attached hydrogen (secondary N) is 1. The Morgan fingerprint density at radius 2 is 2.19 bits per heavy atom. The van der Waals surface area contributed by atoms with Crippen LogP contribution in [0.3, 0.4) is 0 Å². The van der Waals surface area contributed by atoms with Crippen molar-refractivity contribution in [3.63, 3.8) is 0 Å². The van der Waals surface area contributed by atoms with Gasteiger partial charge in [0.2, 0.25) is 0 Å². The quantitative estimate of drug-likeness (QED) is 0.686. The fraction of sp³-hybridized carbons (Fsp3) is 0.588. The van der Waals surface area contributed by atoms with E-state index in [1.54, 1.807) is 0 Å². The number of aliphatic hydroxyl groups excluding tert-OH is 1. The zero-order chi connectivity index (χ0) is 15.7. The predicted molar refractivity (Wildman–Crippen MR) is 84.0 cm³/mol. The summed E-state index contributed by atoms with van der Waals surface area (Å²) in [5, 5.41) is 21.9. The molecule has 1 rings (SSSR count). The summed E-state index contributed by atoms with van der Waals surface area (Å²) < 4.78 is 5.69. The van der Waals surface area contributed by atoms with Crippen molar-refractivity contribution in [2.75, 3.05) is 6.61 Å². The van der Waals surface area contributed by atoms with E-state index < -0.39 is 5.54 Å². The van der Waals surface area contributed by atoms with Crippen LogP contribution in [0.2, 0.25) is 0 Å². The van der Waals surface area contributed by atoms with Gasteiger partial charge in [0, 0.05) is 6.04 Å². The van der Waals surface area contributed by atoms with Crippen LogP contribution >= 0.6 is 0 Å². The maximum absolute atomic E-state index is 9.43. The lowest BCUT2D eigenvalue weighted by molar-refractivity contribution is 0.265. The van der Waals surface area contributed by atoms with Crippen molar-refractivity contribution in [3.8, 4) is 11.8 Å². The normalized spacial score (nSPS) is 13.7. The summed E-state index contributed by atoms with van der Waals surface area (Å²) in [4.78, 5) is 0. The summed E-state index contributed by atoms with van der Waals surface area (Å²) in [6.07, 6.45) is 2.35. The lowest BCUT2D eigenvalue weighted by atomic mass is 9.91. The summed E-state index contributed by atoms with van der Waals surface area (Å²) in [5.74, 6) is 0.762. The molecule has 0 spiro atoms. The average molecular weight is 290 g/mol. The van der Waals surface area contributed by atoms with Crippen molar-refractivity contribution in [2.45, 2.75) is 58.2 Å². The minimum absolute atomic E-state index is 0.0168. The number of ether oxygens (including phenoxy) is 1. The highest BCUT2D eigenvalue weighted by molar-refractivity contribution is 5.27. The minimum Gasteiger partial charge on any atom is -0.494 e. The third-order valence-electron chi connectivity index (χ3n) is 3.48. The molecule has 0 saturated carbocycles. The number of rotatable bonds is 9. The first-order valence-corrected chi connectivity index (χ1v) is 7.57. The molecule has 0 bridgehead atoms. The van der Waals surface area contributed by atoms with Gasteiger partial charge in [0.25, 0.3) is 0 Å². The molecule has 0 aromatic heterocycles. The van der Waals surface area contributed by atoms with E-state index in [2.05, 4.69) is 25.2 Å². The Bertz CT molecular complexity index is 468. The third-order valence-corrected chi connectivity index (χ3v) is 3.48. The SMILES string of the molecule is CCC(C#N)(CCCOc1cccc(CO)c1)NC(C)C. The van der Waals surface area contributed by atoms with Gasteiger partial charge in [0.05, 0.1) is 19.3 Å². The number of nitriles is 1. The summed E-state index contributed by atoms with van der Waals surface area (Å²) in [6, 6.07) is 10.1. The summed E-state index contributed by atoms with van der Waals surface area (Å²) in [6.45, 7) is 6.72. The van der Waals surface area contributed by atoms with E-state index in [9.17, 15) is 5.26 Å². The Labute approximate surface area is 127 Å². The lowest BCUT2D eigenvalue weighted by Crippen LogP contribution is -2.47. The Balaban J connectivity index is 2.46. The number of aliphatic hydroxyl groups is 1. The number of nitrogens with zero attached hydrogens (tertiary/aromatic N) is 1. The van der Waals surface area contributed by atoms with Gasteiger partial charge in [0.15, 0.2) is 0 Å². The molecule has 2 N–H and O–H groups in total. The maximum Gasteiger partial charge on any atom is 0.119 e. The second-order valence-corrected chi connectivity index (χ2v) is 5.60. The van der Waals surface area contributed by atoms with Crippen LogP contribution in [0, 0.1) is 11.3 Å². The zero-order valence-electron chi connectivity index (χ0n) is 13.2. The Kier molecular flexibility index (Phi) is 7.21. The molecule has 0 fully saturated rings. The molecule has 0 amide bonds. The predicted octanol–water partition coefficient (Wildman–Crippen LogP) is 3.01. The van der Waals surface area contributed by atoms with E-state index in [-0.39, 0.29) is 12.6 Å². The van der Waals surface area contributed by atoms with E-state index >= 15 is 0 Å². The van der Waals surface area contributed by atoms with Gasteiger partial charge < -0.3 is 9.84 Å². The van der Waals surface area contributed by atoms with Crippen LogP contribution in [-0.2, 0) is 6.61 Å². The first kappa shape index (κ1) is 17.5. The van der Waals surface area contributed by atoms with E-state index in [0.717, 1.165) is 30.6 Å². The van der Waals surface area contributed by atoms with Crippen LogP contribution in [0.4, 0.5) is 0 Å². The minimum atomic E-state index is -0.468. The largest absolute Gasteiger partial charge is 0.494 e. The molecular weight excluding hydrogens is 264 g/mol. The van der Waals surface area contributed by atoms with Crippen molar-refractivity contribution in [3.05, 3.63) is 29.8 Å². The molecule has 1 unspecified atom stereocenters. The van der Waals surface area contributed by atoms with Gasteiger partial charge in [-0.1, -0.05) is 19.1 Å². The highest BCUT2D eigenvalue weighted by atomic mass is 16.5. The molecule has 0 radical (unpaired) electrons. The monoisotopic (exact) mass is 290 g/mol. The van der Waals surface area contributed by atoms with E-state index in [1.165, 1.54) is 0 Å². The summed E-state index contributed by atoms with van der Waals surface area (Å²) >= 11 is 0. The van der Waals surface area contributed by atoms with Gasteiger partial charge in [-0.25, -0.2) is 0 Å². The van der Waals surface area contributed by atoms with Crippen LogP contribution in [0.15, 0.2) is 24.3 Å². The second kappa shape index (κ2) is 8.66. The molecule has 4 heteroatoms. The van der Waals surface area contributed by atoms with Crippen LogP contribution in [0.5, 0.6) is 5.75 Å². The Morgan fingerprint density at radius 1 is 1.43 bits per heavy atom. The van der Waals surface area contributed by atoms with Gasteiger partial charge >= 0.3 is 0 Å². The zero-order valence-corrected chi connectivity index (χ0v) is 13.2. The van der Waals surface area contributed by atoms with E-state index in [1.807, 2.05) is 31.2 Å². The Morgan fingerprint density at radius 3 is 2.76 bits per heavy atom. The van der Waals surface area contributed by atoms with Crippen LogP contribution < -0.4 is 10.1 Å². The van der Waals surface area contributed by atoms with Crippen LogP contribution in [0.1, 0.15) is 45.6 Å². The number of hydrogen-bond donors (Lipinski definition) is 2. The standard InChI is InChI=1S/C17H26N2O2/c1-4-17(13-18,19-14(2)3)9-6-10-21-16-8-5-7-15(11-16)12-20/h5,7-8,11,14,19-20H,4,6,9-10,12H2,1-3H3. The number of benzene rings is 1. The lowest BCUT2D eigenvalue weighted by Gasteiger charge is -2.29. The van der Waals surface area contributed by atoms with Gasteiger partial charge in [0.1, 0.15) is 11.3 Å². The molecule has 0 aliphatic heterocycles. The molecular formula is C17H26N2O2. The Hall–Kier alpha value is -1.57. The highest BCUT2D eigenvalue weighted by Crippen LogP contribution is 2.19. The van der Waals surface area contributed by atoms with E-state index in [0.29, 0.717) is 6.61 Å². The maximum atomic E-state index is 9.43. The fourth-order valence-electron chi connectivity index (χ4n) is 2.37. The molecule has 4 nitrogen and oxygen atoms in total. The topological polar surface area (TPSA) is 65.3 Å². The van der Waals surface area contributed by atoms with Gasteiger partial charge in [-0.3, -0.25) is 5.32 Å². The van der Waals surface area contributed by atoms with Crippen molar-refractivity contribution in [1.82, 2.24) is 5.32 Å². The molecule has 116 valence electrons. The molecule has 0 saturated heterocycles. The molecule has 0 aliphatic carbocycles. The molecule has 0 heterocycles. The first-order valence-electron chi connectivity index (χ1n) is 7.57. The third kappa shape index (κ3) is 5.74. The second-order valence-electron chi connectivity index (χ2n) is 5.60. The van der Waals surface area contributed by atoms with E-state index in [4.69, 9.17) is 9.84 Å². The van der Waals surface area contributed by atoms with Crippen molar-refractivity contribution in [1.29, 1.82) is 5.26 Å². The molecule has 1 aromatic carbocycles.